The maximum atomic E-state index is 11.8. The summed E-state index contributed by atoms with van der Waals surface area (Å²) in [6.07, 6.45) is -0.333. The van der Waals surface area contributed by atoms with Crippen LogP contribution in [0.4, 0.5) is 0 Å². The van der Waals surface area contributed by atoms with E-state index in [0.717, 1.165) is 0 Å². The minimum absolute atomic E-state index is 0.267. The number of rotatable bonds is 4. The second-order valence-corrected chi connectivity index (χ2v) is 3.88. The number of hydrogen-bond acceptors (Lipinski definition) is 5. The lowest BCUT2D eigenvalue weighted by Gasteiger charge is -2.01. The standard InChI is InChI=1S/C10H8N2O5/c13-9(7-4-2-1-3-5-7)8-6-10(8,11(14)15)12(16)17/h1-5,8H,6H2. The molecule has 0 amide bonds. The van der Waals surface area contributed by atoms with E-state index >= 15 is 0 Å². The third-order valence-electron chi connectivity index (χ3n) is 2.91. The van der Waals surface area contributed by atoms with Crippen molar-refractivity contribution < 1.29 is 14.6 Å². The van der Waals surface area contributed by atoms with Gasteiger partial charge in [0.1, 0.15) is 6.42 Å². The molecule has 88 valence electrons. The molecule has 1 atom stereocenters. The van der Waals surface area contributed by atoms with E-state index in [1.807, 2.05) is 0 Å². The molecule has 1 aliphatic rings. The second kappa shape index (κ2) is 3.62. The minimum atomic E-state index is -2.31. The normalized spacial score (nSPS) is 20.6. The van der Waals surface area contributed by atoms with E-state index in [2.05, 4.69) is 0 Å². The largest absolute Gasteiger partial charge is 0.470 e. The quantitative estimate of drug-likeness (QED) is 0.337. The van der Waals surface area contributed by atoms with E-state index in [-0.39, 0.29) is 12.0 Å². The van der Waals surface area contributed by atoms with Gasteiger partial charge in [-0.1, -0.05) is 30.3 Å². The summed E-state index contributed by atoms with van der Waals surface area (Å²) >= 11 is 0. The molecule has 1 aromatic rings. The summed E-state index contributed by atoms with van der Waals surface area (Å²) in [5, 5.41) is 21.4. The van der Waals surface area contributed by atoms with Gasteiger partial charge in [-0.05, 0) is 0 Å². The first-order valence-corrected chi connectivity index (χ1v) is 4.88. The molecule has 0 heterocycles. The lowest BCUT2D eigenvalue weighted by molar-refractivity contribution is -0.765. The topological polar surface area (TPSA) is 103 Å². The fraction of sp³-hybridized carbons (Fsp3) is 0.300. The summed E-state index contributed by atoms with van der Waals surface area (Å²) in [6, 6.07) is 7.89. The first-order chi connectivity index (χ1) is 8.00. The molecule has 7 nitrogen and oxygen atoms in total. The van der Waals surface area contributed by atoms with E-state index in [1.165, 1.54) is 12.1 Å². The van der Waals surface area contributed by atoms with Gasteiger partial charge in [0.25, 0.3) is 0 Å². The number of carbonyl (C=O) groups excluding carboxylic acids is 1. The molecule has 0 N–H and O–H groups in total. The highest BCUT2D eigenvalue weighted by atomic mass is 16.7. The first kappa shape index (κ1) is 11.2. The van der Waals surface area contributed by atoms with E-state index < -0.39 is 27.2 Å². The molecule has 0 aliphatic heterocycles. The number of carbonyl (C=O) groups is 1. The molecule has 2 rings (SSSR count). The monoisotopic (exact) mass is 236 g/mol. The van der Waals surface area contributed by atoms with E-state index in [1.54, 1.807) is 18.2 Å². The Morgan fingerprint density at radius 3 is 2.12 bits per heavy atom. The predicted molar refractivity (Wildman–Crippen MR) is 55.6 cm³/mol. The van der Waals surface area contributed by atoms with Crippen LogP contribution in [0.25, 0.3) is 0 Å². The highest BCUT2D eigenvalue weighted by molar-refractivity contribution is 6.00. The van der Waals surface area contributed by atoms with Crippen molar-refractivity contribution in [3.8, 4) is 0 Å². The van der Waals surface area contributed by atoms with Crippen LogP contribution in [-0.4, -0.2) is 21.3 Å². The van der Waals surface area contributed by atoms with E-state index in [9.17, 15) is 25.0 Å². The Labute approximate surface area is 95.4 Å². The third-order valence-corrected chi connectivity index (χ3v) is 2.91. The Morgan fingerprint density at radius 2 is 1.71 bits per heavy atom. The van der Waals surface area contributed by atoms with Crippen molar-refractivity contribution in [1.29, 1.82) is 0 Å². The van der Waals surface area contributed by atoms with E-state index in [4.69, 9.17) is 0 Å². The fourth-order valence-electron chi connectivity index (χ4n) is 1.82. The Bertz CT molecular complexity index is 485. The van der Waals surface area contributed by atoms with Crippen molar-refractivity contribution in [2.75, 3.05) is 0 Å². The molecule has 17 heavy (non-hydrogen) atoms. The van der Waals surface area contributed by atoms with Gasteiger partial charge in [0.05, 0.1) is 9.85 Å². The van der Waals surface area contributed by atoms with Crippen LogP contribution in [-0.2, 0) is 0 Å². The van der Waals surface area contributed by atoms with Crippen LogP contribution in [0.5, 0.6) is 0 Å². The van der Waals surface area contributed by atoms with Gasteiger partial charge in [-0.3, -0.25) is 25.0 Å². The lowest BCUT2D eigenvalue weighted by atomic mass is 10.1. The van der Waals surface area contributed by atoms with Gasteiger partial charge in [-0.15, -0.1) is 0 Å². The summed E-state index contributed by atoms with van der Waals surface area (Å²) in [5.41, 5.74) is -2.05. The molecular weight excluding hydrogens is 228 g/mol. The Hall–Kier alpha value is -2.31. The molecule has 1 aliphatic carbocycles. The zero-order valence-corrected chi connectivity index (χ0v) is 8.61. The average Bonchev–Trinajstić information content (AvgIpc) is 3.06. The molecular formula is C10H8N2O5. The highest BCUT2D eigenvalue weighted by Gasteiger charge is 2.81. The number of Topliss-reactive ketones (excluding diaryl/α,β-unsaturated/α-hetero) is 1. The number of benzene rings is 1. The van der Waals surface area contributed by atoms with E-state index in [0.29, 0.717) is 0 Å². The Balaban J connectivity index is 2.26. The summed E-state index contributed by atoms with van der Waals surface area (Å²) in [6.45, 7) is 0. The zero-order chi connectivity index (χ0) is 12.6. The Morgan fingerprint density at radius 1 is 1.18 bits per heavy atom. The predicted octanol–water partition coefficient (Wildman–Crippen LogP) is 1.14. The molecule has 1 saturated carbocycles. The molecule has 1 unspecified atom stereocenters. The van der Waals surface area contributed by atoms with Gasteiger partial charge in [-0.25, -0.2) is 0 Å². The smallest absolute Gasteiger partial charge is 0.293 e. The number of hydrogen-bond donors (Lipinski definition) is 0. The van der Waals surface area contributed by atoms with Gasteiger partial charge >= 0.3 is 5.66 Å². The number of nitro groups is 2. The van der Waals surface area contributed by atoms with Gasteiger partial charge in [-0.2, -0.15) is 0 Å². The molecule has 7 heteroatoms. The maximum Gasteiger partial charge on any atom is 0.470 e. The van der Waals surface area contributed by atoms with Crippen molar-refractivity contribution in [1.82, 2.24) is 0 Å². The van der Waals surface area contributed by atoms with Crippen LogP contribution < -0.4 is 0 Å². The van der Waals surface area contributed by atoms with Crippen LogP contribution in [0.1, 0.15) is 16.8 Å². The summed E-state index contributed by atoms with van der Waals surface area (Å²) < 4.78 is 0. The van der Waals surface area contributed by atoms with Crippen molar-refractivity contribution in [3.05, 3.63) is 56.1 Å². The van der Waals surface area contributed by atoms with Gasteiger partial charge in [0, 0.05) is 5.56 Å². The van der Waals surface area contributed by atoms with Crippen LogP contribution in [0.3, 0.4) is 0 Å². The second-order valence-electron chi connectivity index (χ2n) is 3.88. The maximum absolute atomic E-state index is 11.8. The van der Waals surface area contributed by atoms with Crippen molar-refractivity contribution in [2.45, 2.75) is 12.1 Å². The zero-order valence-electron chi connectivity index (χ0n) is 8.61. The number of ketones is 1. The van der Waals surface area contributed by atoms with Crippen LogP contribution in [0.15, 0.2) is 30.3 Å². The van der Waals surface area contributed by atoms with Gasteiger partial charge in [0.15, 0.2) is 11.7 Å². The van der Waals surface area contributed by atoms with Crippen LogP contribution in [0, 0.1) is 26.1 Å². The molecule has 1 fully saturated rings. The molecule has 0 saturated heterocycles. The molecule has 0 bridgehead atoms. The Kier molecular flexibility index (Phi) is 2.38. The van der Waals surface area contributed by atoms with Crippen LogP contribution in [0.2, 0.25) is 0 Å². The molecule has 0 spiro atoms. The SMILES string of the molecule is O=C(c1ccccc1)C1CC1([N+](=O)[O-])[N+](=O)[O-]. The van der Waals surface area contributed by atoms with Crippen molar-refractivity contribution in [3.63, 3.8) is 0 Å². The molecule has 0 radical (unpaired) electrons. The lowest BCUT2D eigenvalue weighted by Crippen LogP contribution is -2.35. The number of nitrogens with zero attached hydrogens (tertiary/aromatic N) is 2. The summed E-state index contributed by atoms with van der Waals surface area (Å²) in [7, 11) is 0. The highest BCUT2D eigenvalue weighted by Crippen LogP contribution is 2.48. The van der Waals surface area contributed by atoms with Crippen LogP contribution >= 0.6 is 0 Å². The summed E-state index contributed by atoms with van der Waals surface area (Å²) in [4.78, 5) is 31.2. The van der Waals surface area contributed by atoms with Crippen molar-refractivity contribution >= 4 is 5.78 Å². The fourth-order valence-corrected chi connectivity index (χ4v) is 1.82. The average molecular weight is 236 g/mol. The third kappa shape index (κ3) is 1.55. The first-order valence-electron chi connectivity index (χ1n) is 4.88. The van der Waals surface area contributed by atoms with Crippen molar-refractivity contribution in [2.24, 2.45) is 5.92 Å². The summed E-state index contributed by atoms with van der Waals surface area (Å²) in [5.74, 6) is -1.70. The van der Waals surface area contributed by atoms with Gasteiger partial charge in [0.2, 0.25) is 0 Å². The minimum Gasteiger partial charge on any atom is -0.293 e. The molecule has 1 aromatic carbocycles. The molecule has 0 aromatic heterocycles. The van der Waals surface area contributed by atoms with Gasteiger partial charge < -0.3 is 0 Å².